The molecule has 0 aliphatic carbocycles. The first kappa shape index (κ1) is 10.7. The first-order valence-corrected chi connectivity index (χ1v) is 4.34. The van der Waals surface area contributed by atoms with Gasteiger partial charge in [-0.15, -0.1) is 0 Å². The predicted molar refractivity (Wildman–Crippen MR) is 55.6 cm³/mol. The van der Waals surface area contributed by atoms with Crippen LogP contribution in [0.15, 0.2) is 30.3 Å². The summed E-state index contributed by atoms with van der Waals surface area (Å²) in [4.78, 5) is 11.4. The van der Waals surface area contributed by atoms with Gasteiger partial charge < -0.3 is 0 Å². The van der Waals surface area contributed by atoms with Gasteiger partial charge in [-0.3, -0.25) is 4.79 Å². The molecule has 0 bridgehead atoms. The molecule has 0 aliphatic rings. The number of hydrogen-bond acceptors (Lipinski definition) is 3. The molecule has 0 saturated heterocycles. The van der Waals surface area contributed by atoms with Gasteiger partial charge in [0, 0.05) is 11.6 Å². The smallest absolute Gasteiger partial charge is 0.176 e. The average molecular weight is 196 g/mol. The Hall–Kier alpha value is -2.39. The molecule has 0 aromatic heterocycles. The van der Waals surface area contributed by atoms with Crippen LogP contribution in [0.25, 0.3) is 6.08 Å². The summed E-state index contributed by atoms with van der Waals surface area (Å²) in [5.74, 6) is -0.204. The maximum absolute atomic E-state index is 11.4. The summed E-state index contributed by atoms with van der Waals surface area (Å²) >= 11 is 0. The summed E-state index contributed by atoms with van der Waals surface area (Å²) in [7, 11) is 0. The molecule has 1 aromatic rings. The molecule has 1 rings (SSSR count). The van der Waals surface area contributed by atoms with Gasteiger partial charge in [0.25, 0.3) is 0 Å². The third-order valence-corrected chi connectivity index (χ3v) is 1.80. The van der Waals surface area contributed by atoms with Crippen LogP contribution in [-0.4, -0.2) is 5.78 Å². The predicted octanol–water partition coefficient (Wildman–Crippen LogP) is 2.32. The van der Waals surface area contributed by atoms with E-state index in [0.29, 0.717) is 5.56 Å². The fraction of sp³-hybridized carbons (Fsp3) is 0.0833. The standard InChI is InChI=1S/C12H8N2O/c13-7-2-4-10-3-1-5-11(9-10)12(15)6-8-14/h1-5,9H,6H2. The molecule has 0 atom stereocenters. The topological polar surface area (TPSA) is 64.7 Å². The maximum atomic E-state index is 11.4. The monoisotopic (exact) mass is 196 g/mol. The van der Waals surface area contributed by atoms with Crippen molar-refractivity contribution in [2.45, 2.75) is 6.42 Å². The minimum Gasteiger partial charge on any atom is -0.293 e. The van der Waals surface area contributed by atoms with Gasteiger partial charge in [0.05, 0.1) is 18.6 Å². The van der Waals surface area contributed by atoms with Crippen molar-refractivity contribution in [1.29, 1.82) is 10.5 Å². The molecule has 1 aromatic carbocycles. The molecule has 0 amide bonds. The number of nitrogens with zero attached hydrogens (tertiary/aromatic N) is 2. The molecule has 0 saturated carbocycles. The van der Waals surface area contributed by atoms with Crippen molar-refractivity contribution in [3.05, 3.63) is 41.5 Å². The van der Waals surface area contributed by atoms with E-state index >= 15 is 0 Å². The van der Waals surface area contributed by atoms with Gasteiger partial charge >= 0.3 is 0 Å². The Kier molecular flexibility index (Phi) is 3.82. The highest BCUT2D eigenvalue weighted by Crippen LogP contribution is 2.09. The van der Waals surface area contributed by atoms with Crippen LogP contribution in [0.4, 0.5) is 0 Å². The lowest BCUT2D eigenvalue weighted by atomic mass is 10.1. The van der Waals surface area contributed by atoms with Crippen LogP contribution in [0.2, 0.25) is 0 Å². The summed E-state index contributed by atoms with van der Waals surface area (Å²) in [6.07, 6.45) is 2.84. The molecule has 0 spiro atoms. The minimum atomic E-state index is -0.204. The van der Waals surface area contributed by atoms with E-state index in [0.717, 1.165) is 5.56 Å². The lowest BCUT2D eigenvalue weighted by Gasteiger charge is -1.97. The molecule has 15 heavy (non-hydrogen) atoms. The quantitative estimate of drug-likeness (QED) is 0.550. The molecule has 3 nitrogen and oxygen atoms in total. The summed E-state index contributed by atoms with van der Waals surface area (Å²) in [6, 6.07) is 10.5. The highest BCUT2D eigenvalue weighted by atomic mass is 16.1. The molecule has 72 valence electrons. The van der Waals surface area contributed by atoms with Crippen LogP contribution in [-0.2, 0) is 0 Å². The van der Waals surface area contributed by atoms with Gasteiger partial charge in [0.15, 0.2) is 5.78 Å². The first-order chi connectivity index (χ1) is 7.27. The highest BCUT2D eigenvalue weighted by molar-refractivity contribution is 5.97. The number of nitriles is 2. The lowest BCUT2D eigenvalue weighted by Crippen LogP contribution is -1.96. The second-order valence-corrected chi connectivity index (χ2v) is 2.85. The first-order valence-electron chi connectivity index (χ1n) is 4.34. The van der Waals surface area contributed by atoms with E-state index < -0.39 is 0 Å². The summed E-state index contributed by atoms with van der Waals surface area (Å²) < 4.78 is 0. The van der Waals surface area contributed by atoms with Crippen molar-refractivity contribution in [1.82, 2.24) is 0 Å². The van der Waals surface area contributed by atoms with Crippen LogP contribution in [0.5, 0.6) is 0 Å². The van der Waals surface area contributed by atoms with Crippen molar-refractivity contribution in [3.63, 3.8) is 0 Å². The van der Waals surface area contributed by atoms with Gasteiger partial charge in [-0.1, -0.05) is 18.2 Å². The number of allylic oxidation sites excluding steroid dienone is 1. The summed E-state index contributed by atoms with van der Waals surface area (Å²) in [5, 5.41) is 16.7. The van der Waals surface area contributed by atoms with Crippen molar-refractivity contribution >= 4 is 11.9 Å². The van der Waals surface area contributed by atoms with Gasteiger partial charge in [-0.2, -0.15) is 10.5 Å². The molecule has 0 fully saturated rings. The molecular weight excluding hydrogens is 188 g/mol. The van der Waals surface area contributed by atoms with Crippen LogP contribution in [0, 0.1) is 22.7 Å². The Bertz CT molecular complexity index is 475. The Balaban J connectivity index is 2.94. The number of ketones is 1. The van der Waals surface area contributed by atoms with E-state index in [1.807, 2.05) is 12.1 Å². The van der Waals surface area contributed by atoms with Crippen LogP contribution >= 0.6 is 0 Å². The molecule has 0 heterocycles. The zero-order chi connectivity index (χ0) is 11.1. The second-order valence-electron chi connectivity index (χ2n) is 2.85. The number of hydrogen-bond donors (Lipinski definition) is 0. The van der Waals surface area contributed by atoms with Crippen LogP contribution < -0.4 is 0 Å². The van der Waals surface area contributed by atoms with Crippen molar-refractivity contribution in [2.24, 2.45) is 0 Å². The summed E-state index contributed by atoms with van der Waals surface area (Å²) in [5.41, 5.74) is 1.27. The van der Waals surface area contributed by atoms with E-state index in [1.54, 1.807) is 30.3 Å². The minimum absolute atomic E-state index is 0.120. The van der Waals surface area contributed by atoms with E-state index in [4.69, 9.17) is 10.5 Å². The molecule has 3 heteroatoms. The summed E-state index contributed by atoms with van der Waals surface area (Å²) in [6.45, 7) is 0. The third kappa shape index (κ3) is 3.10. The maximum Gasteiger partial charge on any atom is 0.176 e. The SMILES string of the molecule is N#CC=Cc1cccc(C(=O)CC#N)c1. The average Bonchev–Trinajstić information content (AvgIpc) is 2.27. The van der Waals surface area contributed by atoms with E-state index in [-0.39, 0.29) is 12.2 Å². The highest BCUT2D eigenvalue weighted by Gasteiger charge is 2.04. The normalized spacial score (nSPS) is 9.47. The second kappa shape index (κ2) is 5.36. The Morgan fingerprint density at radius 3 is 2.87 bits per heavy atom. The number of rotatable bonds is 3. The number of carbonyl (C=O) groups excluding carboxylic acids is 1. The zero-order valence-electron chi connectivity index (χ0n) is 7.97. The molecule has 0 unspecified atom stereocenters. The van der Waals surface area contributed by atoms with Crippen molar-refractivity contribution in [3.8, 4) is 12.1 Å². The fourth-order valence-electron chi connectivity index (χ4n) is 1.12. The molecule has 0 aliphatic heterocycles. The molecule has 0 N–H and O–H groups in total. The van der Waals surface area contributed by atoms with E-state index in [2.05, 4.69) is 0 Å². The van der Waals surface area contributed by atoms with Gasteiger partial charge in [-0.25, -0.2) is 0 Å². The zero-order valence-corrected chi connectivity index (χ0v) is 7.97. The van der Waals surface area contributed by atoms with E-state index in [9.17, 15) is 4.79 Å². The number of Topliss-reactive ketones (excluding diaryl/α,β-unsaturated/α-hetero) is 1. The fourth-order valence-corrected chi connectivity index (χ4v) is 1.12. The van der Waals surface area contributed by atoms with Gasteiger partial charge in [0.1, 0.15) is 0 Å². The van der Waals surface area contributed by atoms with E-state index in [1.165, 1.54) is 6.08 Å². The van der Waals surface area contributed by atoms with Crippen LogP contribution in [0.3, 0.4) is 0 Å². The van der Waals surface area contributed by atoms with Gasteiger partial charge in [0.2, 0.25) is 0 Å². The van der Waals surface area contributed by atoms with Gasteiger partial charge in [-0.05, 0) is 17.7 Å². The van der Waals surface area contributed by atoms with Crippen LogP contribution in [0.1, 0.15) is 22.3 Å². The number of carbonyl (C=O) groups is 1. The third-order valence-electron chi connectivity index (χ3n) is 1.80. The van der Waals surface area contributed by atoms with Crippen molar-refractivity contribution < 1.29 is 4.79 Å². The Morgan fingerprint density at radius 1 is 1.40 bits per heavy atom. The molecular formula is C12H8N2O. The largest absolute Gasteiger partial charge is 0.293 e. The Morgan fingerprint density at radius 2 is 2.20 bits per heavy atom. The number of benzene rings is 1. The Labute approximate surface area is 87.9 Å². The molecule has 0 radical (unpaired) electrons. The lowest BCUT2D eigenvalue weighted by molar-refractivity contribution is 0.0997. The van der Waals surface area contributed by atoms with Crippen molar-refractivity contribution in [2.75, 3.05) is 0 Å².